The fourth-order valence-electron chi connectivity index (χ4n) is 2.97. The van der Waals surface area contributed by atoms with Gasteiger partial charge in [-0.2, -0.15) is 0 Å². The molecule has 0 spiro atoms. The molecule has 0 saturated carbocycles. The Labute approximate surface area is 172 Å². The van der Waals surface area contributed by atoms with E-state index in [2.05, 4.69) is 15.9 Å². The Kier molecular flexibility index (Phi) is 8.76. The lowest BCUT2D eigenvalue weighted by Crippen LogP contribution is -2.42. The van der Waals surface area contributed by atoms with Crippen molar-refractivity contribution in [2.75, 3.05) is 0 Å². The Hall–Kier alpha value is -1.59. The zero-order chi connectivity index (χ0) is 20.8. The van der Waals surface area contributed by atoms with Crippen LogP contribution in [0.15, 0.2) is 52.7 Å². The summed E-state index contributed by atoms with van der Waals surface area (Å²) in [6.07, 6.45) is 4.23. The van der Waals surface area contributed by atoms with Gasteiger partial charge in [-0.3, -0.25) is 0 Å². The van der Waals surface area contributed by atoms with Gasteiger partial charge in [-0.05, 0) is 64.5 Å². The Bertz CT molecular complexity index is 667. The number of carbonyl (C=O) groups excluding carboxylic acids is 1. The molecule has 0 aromatic heterocycles. The molecule has 0 aliphatic carbocycles. The number of aliphatic hydroxyl groups excluding tert-OH is 1. The van der Waals surface area contributed by atoms with Crippen molar-refractivity contribution in [3.05, 3.63) is 58.3 Å². The second-order valence-electron chi connectivity index (χ2n) is 7.78. The minimum Gasteiger partial charge on any atom is -0.411 e. The first-order valence-electron chi connectivity index (χ1n) is 9.28. The third-order valence-corrected chi connectivity index (χ3v) is 4.79. The number of benzene rings is 1. The number of rotatable bonds is 7. The average Bonchev–Trinajstić information content (AvgIpc) is 2.53. The van der Waals surface area contributed by atoms with Crippen molar-refractivity contribution in [2.24, 2.45) is 5.41 Å². The number of amides is 1. The van der Waals surface area contributed by atoms with E-state index in [1.54, 1.807) is 17.1 Å². The van der Waals surface area contributed by atoms with Crippen LogP contribution in [0.2, 0.25) is 0 Å². The lowest BCUT2D eigenvalue weighted by atomic mass is 9.82. The number of aliphatic hydroxyl groups is 1. The van der Waals surface area contributed by atoms with Crippen LogP contribution in [0.1, 0.15) is 60.1 Å². The molecule has 4 nitrogen and oxygen atoms in total. The molecule has 1 atom stereocenters. The van der Waals surface area contributed by atoms with E-state index in [9.17, 15) is 9.90 Å². The van der Waals surface area contributed by atoms with E-state index < -0.39 is 17.6 Å². The standard InChI is InChI=1S/C22H32BrNO3/c1-8-9-19(27-21(26)24(15(2)3)16(4)5)14-22(6,7)20(25)17-10-12-18(23)13-11-17/h8-16,20,25H,1-7H3/b9-8+,19-14-/t20-/m0/s1. The number of hydrogen-bond donors (Lipinski definition) is 1. The van der Waals surface area contributed by atoms with Crippen molar-refractivity contribution in [1.82, 2.24) is 4.90 Å². The molecule has 150 valence electrons. The van der Waals surface area contributed by atoms with Crippen LogP contribution in [0.3, 0.4) is 0 Å². The summed E-state index contributed by atoms with van der Waals surface area (Å²) in [5.41, 5.74) is 0.167. The quantitative estimate of drug-likeness (QED) is 0.406. The number of carbonyl (C=O) groups is 1. The van der Waals surface area contributed by atoms with Crippen LogP contribution < -0.4 is 0 Å². The van der Waals surface area contributed by atoms with E-state index in [1.165, 1.54) is 0 Å². The Morgan fingerprint density at radius 3 is 2.11 bits per heavy atom. The third kappa shape index (κ3) is 6.82. The molecule has 27 heavy (non-hydrogen) atoms. The van der Waals surface area contributed by atoms with Gasteiger partial charge in [-0.1, -0.05) is 48.0 Å². The van der Waals surface area contributed by atoms with E-state index in [0.29, 0.717) is 5.76 Å². The van der Waals surface area contributed by atoms with Gasteiger partial charge >= 0.3 is 6.09 Å². The summed E-state index contributed by atoms with van der Waals surface area (Å²) >= 11 is 3.40. The molecule has 1 aromatic carbocycles. The Balaban J connectivity index is 3.11. The molecular formula is C22H32BrNO3. The van der Waals surface area contributed by atoms with Gasteiger partial charge in [0.2, 0.25) is 0 Å². The fraction of sp³-hybridized carbons (Fsp3) is 0.500. The molecule has 0 heterocycles. The van der Waals surface area contributed by atoms with Crippen molar-refractivity contribution >= 4 is 22.0 Å². The minimum absolute atomic E-state index is 0.0331. The summed E-state index contributed by atoms with van der Waals surface area (Å²) in [4.78, 5) is 14.3. The van der Waals surface area contributed by atoms with Gasteiger partial charge in [0.05, 0.1) is 6.10 Å². The normalized spacial score (nSPS) is 14.1. The van der Waals surface area contributed by atoms with Crippen LogP contribution in [0, 0.1) is 5.41 Å². The summed E-state index contributed by atoms with van der Waals surface area (Å²) in [6.45, 7) is 13.5. The summed E-state index contributed by atoms with van der Waals surface area (Å²) in [5, 5.41) is 10.8. The maximum atomic E-state index is 12.6. The lowest BCUT2D eigenvalue weighted by molar-refractivity contribution is 0.0758. The number of allylic oxidation sites excluding steroid dienone is 2. The van der Waals surface area contributed by atoms with E-state index in [1.807, 2.05) is 78.8 Å². The molecule has 1 aromatic rings. The van der Waals surface area contributed by atoms with Crippen LogP contribution >= 0.6 is 15.9 Å². The smallest absolute Gasteiger partial charge is 0.411 e. The molecule has 1 amide bonds. The molecule has 0 saturated heterocycles. The van der Waals surface area contributed by atoms with Crippen LogP contribution in [0.25, 0.3) is 0 Å². The molecule has 0 bridgehead atoms. The SMILES string of the molecule is C/C=C/C(=C/C(C)(C)[C@@H](O)c1ccc(Br)cc1)OC(=O)N(C(C)C)C(C)C. The Morgan fingerprint density at radius 1 is 1.15 bits per heavy atom. The van der Waals surface area contributed by atoms with Gasteiger partial charge in [0, 0.05) is 22.0 Å². The topological polar surface area (TPSA) is 49.8 Å². The van der Waals surface area contributed by atoms with Crippen molar-refractivity contribution in [1.29, 1.82) is 0 Å². The van der Waals surface area contributed by atoms with Gasteiger partial charge in [-0.15, -0.1) is 0 Å². The molecule has 0 radical (unpaired) electrons. The zero-order valence-electron chi connectivity index (χ0n) is 17.4. The molecule has 1 N–H and O–H groups in total. The molecule has 0 fully saturated rings. The number of hydrogen-bond acceptors (Lipinski definition) is 3. The minimum atomic E-state index is -0.740. The number of ether oxygens (including phenoxy) is 1. The predicted molar refractivity (Wildman–Crippen MR) is 114 cm³/mol. The van der Waals surface area contributed by atoms with Gasteiger partial charge in [-0.25, -0.2) is 4.79 Å². The summed E-state index contributed by atoms with van der Waals surface area (Å²) in [5.74, 6) is 0.426. The average molecular weight is 438 g/mol. The Morgan fingerprint density at radius 2 is 1.67 bits per heavy atom. The maximum absolute atomic E-state index is 12.6. The van der Waals surface area contributed by atoms with Gasteiger partial charge in [0.15, 0.2) is 0 Å². The van der Waals surface area contributed by atoms with Gasteiger partial charge in [0.25, 0.3) is 0 Å². The monoisotopic (exact) mass is 437 g/mol. The largest absolute Gasteiger partial charge is 0.415 e. The first kappa shape index (κ1) is 23.4. The highest BCUT2D eigenvalue weighted by molar-refractivity contribution is 9.10. The molecule has 1 rings (SSSR count). The van der Waals surface area contributed by atoms with Crippen LogP contribution in [-0.4, -0.2) is 28.2 Å². The maximum Gasteiger partial charge on any atom is 0.415 e. The van der Waals surface area contributed by atoms with Gasteiger partial charge < -0.3 is 14.7 Å². The zero-order valence-corrected chi connectivity index (χ0v) is 18.9. The van der Waals surface area contributed by atoms with Crippen LogP contribution in [0.4, 0.5) is 4.79 Å². The summed E-state index contributed by atoms with van der Waals surface area (Å²) < 4.78 is 6.62. The first-order valence-corrected chi connectivity index (χ1v) is 10.1. The number of halogens is 1. The van der Waals surface area contributed by atoms with Crippen molar-refractivity contribution in [3.63, 3.8) is 0 Å². The van der Waals surface area contributed by atoms with Crippen molar-refractivity contribution in [3.8, 4) is 0 Å². The summed E-state index contributed by atoms with van der Waals surface area (Å²) in [6, 6.07) is 7.62. The first-order chi connectivity index (χ1) is 12.5. The van der Waals surface area contributed by atoms with Crippen molar-refractivity contribution in [2.45, 2.75) is 66.7 Å². The second-order valence-corrected chi connectivity index (χ2v) is 8.70. The van der Waals surface area contributed by atoms with E-state index >= 15 is 0 Å². The third-order valence-electron chi connectivity index (χ3n) is 4.26. The summed E-state index contributed by atoms with van der Waals surface area (Å²) in [7, 11) is 0. The van der Waals surface area contributed by atoms with Crippen LogP contribution in [-0.2, 0) is 4.74 Å². The van der Waals surface area contributed by atoms with Crippen molar-refractivity contribution < 1.29 is 14.6 Å². The molecule has 0 aliphatic rings. The lowest BCUT2D eigenvalue weighted by Gasteiger charge is -2.31. The molecule has 0 aliphatic heterocycles. The van der Waals surface area contributed by atoms with E-state index in [0.717, 1.165) is 10.0 Å². The highest BCUT2D eigenvalue weighted by atomic mass is 79.9. The fourth-order valence-corrected chi connectivity index (χ4v) is 3.23. The predicted octanol–water partition coefficient (Wildman–Crippen LogP) is 6.22. The van der Waals surface area contributed by atoms with E-state index in [4.69, 9.17) is 4.74 Å². The van der Waals surface area contributed by atoms with E-state index in [-0.39, 0.29) is 12.1 Å². The second kappa shape index (κ2) is 10.1. The number of nitrogens with zero attached hydrogens (tertiary/aromatic N) is 1. The van der Waals surface area contributed by atoms with Gasteiger partial charge in [0.1, 0.15) is 5.76 Å². The molecule has 0 unspecified atom stereocenters. The molecular weight excluding hydrogens is 406 g/mol. The van der Waals surface area contributed by atoms with Crippen LogP contribution in [0.5, 0.6) is 0 Å². The molecule has 5 heteroatoms. The highest BCUT2D eigenvalue weighted by Gasteiger charge is 2.29. The highest BCUT2D eigenvalue weighted by Crippen LogP contribution is 2.36.